The quantitative estimate of drug-likeness (QED) is 0.482. The van der Waals surface area contributed by atoms with Crippen molar-refractivity contribution in [2.75, 3.05) is 5.88 Å². The molecular weight excluding hydrogens is 120 g/mol. The van der Waals surface area contributed by atoms with Crippen LogP contribution in [0.4, 0.5) is 0 Å². The maximum atomic E-state index is 5.75. The summed E-state index contributed by atoms with van der Waals surface area (Å²) in [6, 6.07) is 0. The third-order valence-corrected chi connectivity index (χ3v) is 2.78. The third-order valence-electron chi connectivity index (χ3n) is 2.13. The van der Waals surface area contributed by atoms with Gasteiger partial charge < -0.3 is 0 Å². The van der Waals surface area contributed by atoms with Crippen molar-refractivity contribution >= 4 is 11.6 Å². The first-order valence-corrected chi connectivity index (χ1v) is 3.86. The van der Waals surface area contributed by atoms with Crippen LogP contribution in [0.1, 0.15) is 32.6 Å². The highest BCUT2D eigenvalue weighted by atomic mass is 35.5. The first-order chi connectivity index (χ1) is 3.77. The highest BCUT2D eigenvalue weighted by Crippen LogP contribution is 2.37. The minimum atomic E-state index is 0.502. The van der Waals surface area contributed by atoms with Gasteiger partial charge in [-0.1, -0.05) is 19.8 Å². The Balaban J connectivity index is 2.40. The highest BCUT2D eigenvalue weighted by molar-refractivity contribution is 6.18. The SMILES string of the molecule is CC1(CCl)CCCC1. The summed E-state index contributed by atoms with van der Waals surface area (Å²) in [6.45, 7) is 2.28. The van der Waals surface area contributed by atoms with Crippen LogP contribution in [0, 0.1) is 5.41 Å². The number of hydrogen-bond donors (Lipinski definition) is 0. The Hall–Kier alpha value is 0.290. The van der Waals surface area contributed by atoms with Crippen molar-refractivity contribution in [2.45, 2.75) is 32.6 Å². The van der Waals surface area contributed by atoms with Crippen LogP contribution in [0.25, 0.3) is 0 Å². The van der Waals surface area contributed by atoms with Crippen molar-refractivity contribution in [2.24, 2.45) is 5.41 Å². The summed E-state index contributed by atoms with van der Waals surface area (Å²) in [5, 5.41) is 0. The minimum Gasteiger partial charge on any atom is -0.126 e. The van der Waals surface area contributed by atoms with E-state index in [1.807, 2.05) is 0 Å². The molecule has 0 nitrogen and oxygen atoms in total. The van der Waals surface area contributed by atoms with E-state index in [4.69, 9.17) is 11.6 Å². The topological polar surface area (TPSA) is 0 Å². The maximum absolute atomic E-state index is 5.75. The Labute approximate surface area is 56.2 Å². The predicted molar refractivity (Wildman–Crippen MR) is 37.3 cm³/mol. The fourth-order valence-corrected chi connectivity index (χ4v) is 1.63. The van der Waals surface area contributed by atoms with Crippen LogP contribution in [-0.4, -0.2) is 5.88 Å². The second kappa shape index (κ2) is 2.26. The Bertz CT molecular complexity index is 72.5. The largest absolute Gasteiger partial charge is 0.126 e. The summed E-state index contributed by atoms with van der Waals surface area (Å²) < 4.78 is 0. The van der Waals surface area contributed by atoms with E-state index in [2.05, 4.69) is 6.92 Å². The standard InChI is InChI=1S/C7H13Cl/c1-7(6-8)4-2-3-5-7/h2-6H2,1H3. The molecule has 0 aromatic rings. The van der Waals surface area contributed by atoms with Gasteiger partial charge in [0.1, 0.15) is 0 Å². The van der Waals surface area contributed by atoms with E-state index in [-0.39, 0.29) is 0 Å². The summed E-state index contributed by atoms with van der Waals surface area (Å²) in [4.78, 5) is 0. The molecule has 0 saturated heterocycles. The van der Waals surface area contributed by atoms with E-state index in [9.17, 15) is 0 Å². The van der Waals surface area contributed by atoms with Crippen molar-refractivity contribution < 1.29 is 0 Å². The normalized spacial score (nSPS) is 26.2. The van der Waals surface area contributed by atoms with Crippen LogP contribution >= 0.6 is 11.6 Å². The van der Waals surface area contributed by atoms with Gasteiger partial charge >= 0.3 is 0 Å². The van der Waals surface area contributed by atoms with Gasteiger partial charge in [0.25, 0.3) is 0 Å². The van der Waals surface area contributed by atoms with Crippen molar-refractivity contribution in [1.82, 2.24) is 0 Å². The summed E-state index contributed by atoms with van der Waals surface area (Å²) in [6.07, 6.45) is 5.47. The van der Waals surface area contributed by atoms with Gasteiger partial charge in [0.2, 0.25) is 0 Å². The Kier molecular flexibility index (Phi) is 1.81. The van der Waals surface area contributed by atoms with Gasteiger partial charge in [0, 0.05) is 5.88 Å². The van der Waals surface area contributed by atoms with Crippen LogP contribution in [0.15, 0.2) is 0 Å². The molecule has 1 rings (SSSR count). The number of rotatable bonds is 1. The number of hydrogen-bond acceptors (Lipinski definition) is 0. The number of alkyl halides is 1. The maximum Gasteiger partial charge on any atom is 0.0277 e. The zero-order chi connectivity index (χ0) is 6.04. The Morgan fingerprint density at radius 3 is 2.12 bits per heavy atom. The fraction of sp³-hybridized carbons (Fsp3) is 1.00. The molecule has 8 heavy (non-hydrogen) atoms. The smallest absolute Gasteiger partial charge is 0.0277 e. The summed E-state index contributed by atoms with van der Waals surface area (Å²) >= 11 is 5.75. The van der Waals surface area contributed by atoms with Crippen LogP contribution < -0.4 is 0 Å². The first kappa shape index (κ1) is 6.41. The zero-order valence-corrected chi connectivity index (χ0v) is 6.17. The van der Waals surface area contributed by atoms with Crippen LogP contribution in [0.5, 0.6) is 0 Å². The molecule has 1 aliphatic rings. The number of halogens is 1. The van der Waals surface area contributed by atoms with Crippen molar-refractivity contribution in [3.63, 3.8) is 0 Å². The molecule has 1 fully saturated rings. The molecule has 0 spiro atoms. The van der Waals surface area contributed by atoms with Crippen LogP contribution in [-0.2, 0) is 0 Å². The molecule has 1 saturated carbocycles. The molecule has 0 atom stereocenters. The molecule has 48 valence electrons. The molecular formula is C7H13Cl. The summed E-state index contributed by atoms with van der Waals surface area (Å²) in [5.74, 6) is 0.854. The second-order valence-corrected chi connectivity index (χ2v) is 3.42. The molecule has 0 amide bonds. The third kappa shape index (κ3) is 1.17. The Morgan fingerprint density at radius 1 is 1.38 bits per heavy atom. The van der Waals surface area contributed by atoms with Gasteiger partial charge in [-0.15, -0.1) is 11.6 Å². The minimum absolute atomic E-state index is 0.502. The van der Waals surface area contributed by atoms with Gasteiger partial charge in [0.05, 0.1) is 0 Å². The molecule has 1 aliphatic carbocycles. The molecule has 0 heterocycles. The van der Waals surface area contributed by atoms with E-state index in [1.165, 1.54) is 25.7 Å². The Morgan fingerprint density at radius 2 is 1.88 bits per heavy atom. The van der Waals surface area contributed by atoms with Gasteiger partial charge in [-0.3, -0.25) is 0 Å². The molecule has 0 radical (unpaired) electrons. The van der Waals surface area contributed by atoms with Crippen LogP contribution in [0.3, 0.4) is 0 Å². The molecule has 1 heteroatoms. The van der Waals surface area contributed by atoms with E-state index in [0.29, 0.717) is 5.41 Å². The lowest BCUT2D eigenvalue weighted by atomic mass is 9.92. The summed E-state index contributed by atoms with van der Waals surface area (Å²) in [5.41, 5.74) is 0.502. The lowest BCUT2D eigenvalue weighted by molar-refractivity contribution is 0.389. The molecule has 0 aliphatic heterocycles. The molecule has 0 bridgehead atoms. The van der Waals surface area contributed by atoms with Gasteiger partial charge in [-0.05, 0) is 18.3 Å². The first-order valence-electron chi connectivity index (χ1n) is 3.33. The van der Waals surface area contributed by atoms with Crippen LogP contribution in [0.2, 0.25) is 0 Å². The van der Waals surface area contributed by atoms with Gasteiger partial charge in [-0.2, -0.15) is 0 Å². The fourth-order valence-electron chi connectivity index (χ4n) is 1.36. The molecule has 0 aromatic carbocycles. The van der Waals surface area contributed by atoms with Gasteiger partial charge in [-0.25, -0.2) is 0 Å². The zero-order valence-electron chi connectivity index (χ0n) is 5.41. The second-order valence-electron chi connectivity index (χ2n) is 3.15. The van der Waals surface area contributed by atoms with E-state index in [1.54, 1.807) is 0 Å². The predicted octanol–water partition coefficient (Wildman–Crippen LogP) is 2.81. The van der Waals surface area contributed by atoms with Crippen molar-refractivity contribution in [3.05, 3.63) is 0 Å². The van der Waals surface area contributed by atoms with Crippen molar-refractivity contribution in [1.29, 1.82) is 0 Å². The molecule has 0 N–H and O–H groups in total. The van der Waals surface area contributed by atoms with E-state index in [0.717, 1.165) is 5.88 Å². The molecule has 0 unspecified atom stereocenters. The molecule has 0 aromatic heterocycles. The lowest BCUT2D eigenvalue weighted by Gasteiger charge is -2.18. The lowest BCUT2D eigenvalue weighted by Crippen LogP contribution is -2.11. The average Bonchev–Trinajstić information content (AvgIpc) is 2.17. The van der Waals surface area contributed by atoms with Crippen molar-refractivity contribution in [3.8, 4) is 0 Å². The van der Waals surface area contributed by atoms with E-state index >= 15 is 0 Å². The monoisotopic (exact) mass is 132 g/mol. The summed E-state index contributed by atoms with van der Waals surface area (Å²) in [7, 11) is 0. The van der Waals surface area contributed by atoms with E-state index < -0.39 is 0 Å². The van der Waals surface area contributed by atoms with Gasteiger partial charge in [0.15, 0.2) is 0 Å². The highest BCUT2D eigenvalue weighted by Gasteiger charge is 2.26. The average molecular weight is 133 g/mol.